The Morgan fingerprint density at radius 1 is 0.960 bits per heavy atom. The number of fused-ring (bicyclic) bond motifs is 1. The van der Waals surface area contributed by atoms with Crippen molar-refractivity contribution in [2.45, 2.75) is 0 Å². The summed E-state index contributed by atoms with van der Waals surface area (Å²) in [6.45, 7) is 0. The van der Waals surface area contributed by atoms with Crippen LogP contribution in [0.15, 0.2) is 63.8 Å². The fraction of sp³-hybridized carbons (Fsp3) is 0.100. The highest BCUT2D eigenvalue weighted by Gasteiger charge is 2.11. The zero-order valence-corrected chi connectivity index (χ0v) is 13.8. The predicted molar refractivity (Wildman–Crippen MR) is 95.4 cm³/mol. The fourth-order valence-electron chi connectivity index (χ4n) is 2.37. The van der Waals surface area contributed by atoms with Gasteiger partial charge in [-0.25, -0.2) is 4.79 Å². The van der Waals surface area contributed by atoms with Gasteiger partial charge in [-0.1, -0.05) is 18.2 Å². The smallest absolute Gasteiger partial charge is 0.347 e. The number of benzene rings is 2. The molecule has 5 heteroatoms. The zero-order chi connectivity index (χ0) is 17.8. The number of hydrogen-bond acceptors (Lipinski definition) is 5. The molecule has 2 aromatic carbocycles. The van der Waals surface area contributed by atoms with Gasteiger partial charge in [0.25, 0.3) is 0 Å². The van der Waals surface area contributed by atoms with Crippen LogP contribution in [0.1, 0.15) is 15.9 Å². The number of methoxy groups -OCH3 is 2. The lowest BCUT2D eigenvalue weighted by molar-refractivity contribution is 0.104. The number of carbonyl (C=O) groups excluding carboxylic acids is 1. The summed E-state index contributed by atoms with van der Waals surface area (Å²) in [4.78, 5) is 24.4. The largest absolute Gasteiger partial charge is 0.497 e. The van der Waals surface area contributed by atoms with E-state index in [1.165, 1.54) is 19.3 Å². The normalized spacial score (nSPS) is 11.0. The van der Waals surface area contributed by atoms with Gasteiger partial charge in [-0.15, -0.1) is 0 Å². The Morgan fingerprint density at radius 3 is 2.32 bits per heavy atom. The van der Waals surface area contributed by atoms with E-state index >= 15 is 0 Å². The predicted octanol–water partition coefficient (Wildman–Crippen LogP) is 3.71. The summed E-state index contributed by atoms with van der Waals surface area (Å²) in [7, 11) is 3.12. The summed E-state index contributed by atoms with van der Waals surface area (Å²) in [5.74, 6) is 0.894. The van der Waals surface area contributed by atoms with Gasteiger partial charge in [0.05, 0.1) is 14.2 Å². The highest BCUT2D eigenvalue weighted by molar-refractivity contribution is 6.07. The minimum atomic E-state index is -0.676. The molecule has 0 aliphatic carbocycles. The first-order valence-corrected chi connectivity index (χ1v) is 7.59. The van der Waals surface area contributed by atoms with Crippen molar-refractivity contribution < 1.29 is 18.7 Å². The van der Waals surface area contributed by atoms with Crippen LogP contribution in [0.25, 0.3) is 17.0 Å². The van der Waals surface area contributed by atoms with Crippen LogP contribution in [0.4, 0.5) is 0 Å². The van der Waals surface area contributed by atoms with Crippen molar-refractivity contribution in [3.8, 4) is 11.5 Å². The Balaban J connectivity index is 1.89. The number of hydrogen-bond donors (Lipinski definition) is 0. The number of carbonyl (C=O) groups is 1. The molecule has 0 unspecified atom stereocenters. The average molecular weight is 336 g/mol. The van der Waals surface area contributed by atoms with Crippen molar-refractivity contribution in [3.05, 3.63) is 76.2 Å². The van der Waals surface area contributed by atoms with E-state index < -0.39 is 11.4 Å². The van der Waals surface area contributed by atoms with Gasteiger partial charge in [0, 0.05) is 11.5 Å². The lowest BCUT2D eigenvalue weighted by Crippen LogP contribution is -2.11. The maximum atomic E-state index is 12.3. The van der Waals surface area contributed by atoms with Crippen molar-refractivity contribution in [2.75, 3.05) is 14.2 Å². The first-order valence-electron chi connectivity index (χ1n) is 7.59. The Hall–Kier alpha value is -3.34. The van der Waals surface area contributed by atoms with Crippen LogP contribution in [0.2, 0.25) is 0 Å². The summed E-state index contributed by atoms with van der Waals surface area (Å²) >= 11 is 0. The summed E-state index contributed by atoms with van der Waals surface area (Å²) < 4.78 is 15.4. The number of allylic oxidation sites excluding steroid dienone is 1. The van der Waals surface area contributed by atoms with E-state index in [4.69, 9.17) is 13.9 Å². The maximum Gasteiger partial charge on any atom is 0.347 e. The van der Waals surface area contributed by atoms with Gasteiger partial charge in [0.1, 0.15) is 22.6 Å². The second kappa shape index (κ2) is 7.05. The molecule has 5 nitrogen and oxygen atoms in total. The van der Waals surface area contributed by atoms with Gasteiger partial charge in [-0.05, 0) is 42.0 Å². The van der Waals surface area contributed by atoms with Crippen LogP contribution in [0.3, 0.4) is 0 Å². The van der Waals surface area contributed by atoms with Crippen LogP contribution >= 0.6 is 0 Å². The molecule has 0 spiro atoms. The summed E-state index contributed by atoms with van der Waals surface area (Å²) in [5, 5.41) is 0.654. The van der Waals surface area contributed by atoms with Gasteiger partial charge in [0.15, 0.2) is 5.78 Å². The molecule has 0 aliphatic heterocycles. The average Bonchev–Trinajstić information content (AvgIpc) is 2.65. The molecule has 0 fully saturated rings. The molecule has 3 aromatic rings. The summed E-state index contributed by atoms with van der Waals surface area (Å²) in [6, 6.07) is 13.8. The fourth-order valence-corrected chi connectivity index (χ4v) is 2.37. The SMILES string of the molecule is COc1ccc(/C=C\C(=O)c2cc3ccc(OC)cc3oc2=O)cc1. The maximum absolute atomic E-state index is 12.3. The van der Waals surface area contributed by atoms with E-state index in [2.05, 4.69) is 0 Å². The summed E-state index contributed by atoms with van der Waals surface area (Å²) in [6.07, 6.45) is 2.99. The molecule has 25 heavy (non-hydrogen) atoms. The molecule has 0 aliphatic rings. The van der Waals surface area contributed by atoms with Crippen molar-refractivity contribution in [1.82, 2.24) is 0 Å². The molecule has 0 N–H and O–H groups in total. The Bertz CT molecular complexity index is 997. The lowest BCUT2D eigenvalue weighted by Gasteiger charge is -2.02. The van der Waals surface area contributed by atoms with Gasteiger partial charge in [0.2, 0.25) is 0 Å². The monoisotopic (exact) mass is 336 g/mol. The first kappa shape index (κ1) is 16.5. The lowest BCUT2D eigenvalue weighted by atomic mass is 10.1. The van der Waals surface area contributed by atoms with E-state index in [9.17, 15) is 9.59 Å². The van der Waals surface area contributed by atoms with Gasteiger partial charge in [-0.3, -0.25) is 4.79 Å². The van der Waals surface area contributed by atoms with Crippen molar-refractivity contribution in [3.63, 3.8) is 0 Å². The topological polar surface area (TPSA) is 65.7 Å². The molecular weight excluding hydrogens is 320 g/mol. The molecule has 0 radical (unpaired) electrons. The Labute approximate surface area is 144 Å². The van der Waals surface area contributed by atoms with Gasteiger partial charge < -0.3 is 13.9 Å². The zero-order valence-electron chi connectivity index (χ0n) is 13.8. The van der Waals surface area contributed by atoms with Crippen molar-refractivity contribution in [2.24, 2.45) is 0 Å². The molecule has 126 valence electrons. The first-order chi connectivity index (χ1) is 12.1. The van der Waals surface area contributed by atoms with E-state index in [-0.39, 0.29) is 5.56 Å². The quantitative estimate of drug-likeness (QED) is 0.404. The van der Waals surface area contributed by atoms with Gasteiger partial charge in [-0.2, -0.15) is 0 Å². The minimum Gasteiger partial charge on any atom is -0.497 e. The van der Waals surface area contributed by atoms with Gasteiger partial charge >= 0.3 is 5.63 Å². The molecular formula is C20H16O5. The van der Waals surface area contributed by atoms with E-state index in [1.54, 1.807) is 43.5 Å². The molecule has 0 bridgehead atoms. The van der Waals surface area contributed by atoms with Crippen LogP contribution in [0.5, 0.6) is 11.5 Å². The molecule has 0 amide bonds. The van der Waals surface area contributed by atoms with Crippen molar-refractivity contribution >= 4 is 22.8 Å². The number of ketones is 1. The standard InChI is InChI=1S/C20H16O5/c1-23-15-7-3-13(4-8-15)5-10-18(21)17-11-14-6-9-16(24-2)12-19(14)25-20(17)22/h3-12H,1-2H3/b10-5-. The Kier molecular flexibility index (Phi) is 4.66. The summed E-state index contributed by atoms with van der Waals surface area (Å²) in [5.41, 5.74) is 0.511. The van der Waals surface area contributed by atoms with Crippen LogP contribution in [-0.4, -0.2) is 20.0 Å². The molecule has 0 saturated carbocycles. The highest BCUT2D eigenvalue weighted by Crippen LogP contribution is 2.20. The van der Waals surface area contributed by atoms with Crippen LogP contribution in [-0.2, 0) is 0 Å². The second-order valence-corrected chi connectivity index (χ2v) is 5.32. The molecule has 0 atom stereocenters. The third-order valence-corrected chi connectivity index (χ3v) is 3.75. The van der Waals surface area contributed by atoms with Crippen molar-refractivity contribution in [1.29, 1.82) is 0 Å². The molecule has 1 aromatic heterocycles. The third-order valence-electron chi connectivity index (χ3n) is 3.75. The van der Waals surface area contributed by atoms with E-state index in [0.717, 1.165) is 11.3 Å². The molecule has 1 heterocycles. The minimum absolute atomic E-state index is 0.0116. The van der Waals surface area contributed by atoms with E-state index in [1.807, 2.05) is 12.1 Å². The Morgan fingerprint density at radius 2 is 1.64 bits per heavy atom. The highest BCUT2D eigenvalue weighted by atomic mass is 16.5. The number of ether oxygens (including phenoxy) is 2. The number of rotatable bonds is 5. The third kappa shape index (κ3) is 3.61. The van der Waals surface area contributed by atoms with E-state index in [0.29, 0.717) is 16.7 Å². The second-order valence-electron chi connectivity index (χ2n) is 5.32. The molecule has 0 saturated heterocycles. The van der Waals surface area contributed by atoms with Crippen LogP contribution in [0, 0.1) is 0 Å². The molecule has 3 rings (SSSR count). The van der Waals surface area contributed by atoms with Crippen LogP contribution < -0.4 is 15.1 Å².